The number of nitrogens with zero attached hydrogens (tertiary/aromatic N) is 2. The number of fused-ring (bicyclic) bond motifs is 2. The Balaban J connectivity index is 1.53. The quantitative estimate of drug-likeness (QED) is 0.515. The second kappa shape index (κ2) is 6.48. The van der Waals surface area contributed by atoms with Gasteiger partial charge in [0, 0.05) is 23.8 Å². The highest BCUT2D eigenvalue weighted by atomic mass is 16.6. The van der Waals surface area contributed by atoms with Crippen molar-refractivity contribution in [2.24, 2.45) is 22.9 Å². The van der Waals surface area contributed by atoms with E-state index in [9.17, 15) is 14.9 Å². The fourth-order valence-corrected chi connectivity index (χ4v) is 3.95. The SMILES string of the molecule is C/C(=N\NC(=O)Cc1ccc([N+](=O)[O-])cc1)[C@H]1C[C@@H]2CC[C@@H]1C2. The smallest absolute Gasteiger partial charge is 0.269 e. The maximum absolute atomic E-state index is 12.0. The monoisotopic (exact) mass is 315 g/mol. The third kappa shape index (κ3) is 3.57. The van der Waals surface area contributed by atoms with Crippen molar-refractivity contribution < 1.29 is 9.72 Å². The van der Waals surface area contributed by atoms with Crippen LogP contribution in [0.5, 0.6) is 0 Å². The molecule has 0 saturated heterocycles. The second-order valence-electron chi connectivity index (χ2n) is 6.67. The van der Waals surface area contributed by atoms with Crippen molar-refractivity contribution in [3.05, 3.63) is 39.9 Å². The molecular formula is C17H21N3O3. The third-order valence-electron chi connectivity index (χ3n) is 5.14. The molecule has 1 amide bonds. The average molecular weight is 315 g/mol. The van der Waals surface area contributed by atoms with Gasteiger partial charge in [0.1, 0.15) is 0 Å². The van der Waals surface area contributed by atoms with Crippen LogP contribution in [0.2, 0.25) is 0 Å². The van der Waals surface area contributed by atoms with Gasteiger partial charge in [-0.15, -0.1) is 0 Å². The number of hydrogen-bond donors (Lipinski definition) is 1. The fourth-order valence-electron chi connectivity index (χ4n) is 3.95. The van der Waals surface area contributed by atoms with Crippen molar-refractivity contribution in [2.45, 2.75) is 39.0 Å². The van der Waals surface area contributed by atoms with E-state index in [1.54, 1.807) is 12.1 Å². The Bertz CT molecular complexity index is 639. The maximum atomic E-state index is 12.0. The van der Waals surface area contributed by atoms with Crippen LogP contribution in [-0.4, -0.2) is 16.5 Å². The van der Waals surface area contributed by atoms with Crippen LogP contribution >= 0.6 is 0 Å². The number of rotatable bonds is 5. The molecule has 6 heteroatoms. The molecule has 0 aromatic heterocycles. The van der Waals surface area contributed by atoms with E-state index in [4.69, 9.17) is 0 Å². The summed E-state index contributed by atoms with van der Waals surface area (Å²) in [5.74, 6) is 1.93. The molecule has 0 radical (unpaired) electrons. The number of carbonyl (C=O) groups excluding carboxylic acids is 1. The van der Waals surface area contributed by atoms with Crippen LogP contribution in [0.3, 0.4) is 0 Å². The number of nitro benzene ring substituents is 1. The minimum atomic E-state index is -0.452. The molecule has 0 aliphatic heterocycles. The highest BCUT2D eigenvalue weighted by molar-refractivity contribution is 5.87. The minimum absolute atomic E-state index is 0.0271. The zero-order valence-electron chi connectivity index (χ0n) is 13.2. The fraction of sp³-hybridized carbons (Fsp3) is 0.529. The number of amides is 1. The summed E-state index contributed by atoms with van der Waals surface area (Å²) >= 11 is 0. The molecule has 0 unspecified atom stereocenters. The van der Waals surface area contributed by atoms with Gasteiger partial charge >= 0.3 is 0 Å². The van der Waals surface area contributed by atoms with E-state index in [0.29, 0.717) is 5.92 Å². The zero-order valence-corrected chi connectivity index (χ0v) is 13.2. The summed E-state index contributed by atoms with van der Waals surface area (Å²) in [5.41, 5.74) is 4.41. The number of non-ortho nitro benzene ring substituents is 1. The lowest BCUT2D eigenvalue weighted by molar-refractivity contribution is -0.384. The van der Waals surface area contributed by atoms with Gasteiger partial charge in [-0.1, -0.05) is 18.6 Å². The first-order chi connectivity index (χ1) is 11.0. The summed E-state index contributed by atoms with van der Waals surface area (Å²) in [7, 11) is 0. The van der Waals surface area contributed by atoms with E-state index in [2.05, 4.69) is 10.5 Å². The summed E-state index contributed by atoms with van der Waals surface area (Å²) in [6.45, 7) is 2.00. The van der Waals surface area contributed by atoms with E-state index in [-0.39, 0.29) is 18.0 Å². The van der Waals surface area contributed by atoms with Gasteiger partial charge in [-0.2, -0.15) is 5.10 Å². The average Bonchev–Trinajstić information content (AvgIpc) is 3.16. The van der Waals surface area contributed by atoms with Crippen molar-refractivity contribution in [1.29, 1.82) is 0 Å². The molecular weight excluding hydrogens is 294 g/mol. The molecule has 0 spiro atoms. The van der Waals surface area contributed by atoms with Gasteiger partial charge in [0.2, 0.25) is 5.91 Å². The molecule has 2 bridgehead atoms. The first-order valence-electron chi connectivity index (χ1n) is 8.09. The van der Waals surface area contributed by atoms with Crippen LogP contribution < -0.4 is 5.43 Å². The molecule has 2 aliphatic carbocycles. The summed E-state index contributed by atoms with van der Waals surface area (Å²) < 4.78 is 0. The van der Waals surface area contributed by atoms with Gasteiger partial charge < -0.3 is 0 Å². The lowest BCUT2D eigenvalue weighted by Crippen LogP contribution is -2.25. The molecule has 0 heterocycles. The first kappa shape index (κ1) is 15.6. The number of hydrogen-bond acceptors (Lipinski definition) is 4. The first-order valence-corrected chi connectivity index (χ1v) is 8.09. The molecule has 2 aliphatic rings. The van der Waals surface area contributed by atoms with Gasteiger partial charge in [0.05, 0.1) is 11.3 Å². The Morgan fingerprint density at radius 3 is 2.61 bits per heavy atom. The molecule has 23 heavy (non-hydrogen) atoms. The molecule has 1 aromatic carbocycles. The zero-order chi connectivity index (χ0) is 16.4. The Labute approximate surface area is 135 Å². The summed E-state index contributed by atoms with van der Waals surface area (Å²) in [6, 6.07) is 6.02. The van der Waals surface area contributed by atoms with Crippen LogP contribution in [0.25, 0.3) is 0 Å². The molecule has 1 N–H and O–H groups in total. The third-order valence-corrected chi connectivity index (χ3v) is 5.14. The normalized spacial score (nSPS) is 26.3. The van der Waals surface area contributed by atoms with Gasteiger partial charge in [-0.3, -0.25) is 14.9 Å². The lowest BCUT2D eigenvalue weighted by atomic mass is 9.86. The van der Waals surface area contributed by atoms with Crippen molar-refractivity contribution in [1.82, 2.24) is 5.43 Å². The Kier molecular flexibility index (Phi) is 4.41. The van der Waals surface area contributed by atoms with E-state index in [1.165, 1.54) is 37.8 Å². The Morgan fingerprint density at radius 2 is 2.04 bits per heavy atom. The number of nitrogens with one attached hydrogen (secondary N) is 1. The Morgan fingerprint density at radius 1 is 1.30 bits per heavy atom. The predicted molar refractivity (Wildman–Crippen MR) is 87.0 cm³/mol. The molecule has 2 fully saturated rings. The van der Waals surface area contributed by atoms with E-state index in [1.807, 2.05) is 6.92 Å². The highest BCUT2D eigenvalue weighted by Crippen LogP contribution is 2.48. The number of benzene rings is 1. The summed E-state index contributed by atoms with van der Waals surface area (Å²) in [4.78, 5) is 22.1. The molecule has 1 aromatic rings. The molecule has 122 valence electrons. The number of carbonyl (C=O) groups is 1. The largest absolute Gasteiger partial charge is 0.273 e. The second-order valence-corrected chi connectivity index (χ2v) is 6.67. The van der Waals surface area contributed by atoms with Crippen LogP contribution in [0.15, 0.2) is 29.4 Å². The van der Waals surface area contributed by atoms with Gasteiger partial charge in [0.25, 0.3) is 5.69 Å². The van der Waals surface area contributed by atoms with E-state index >= 15 is 0 Å². The number of hydrazone groups is 1. The van der Waals surface area contributed by atoms with E-state index in [0.717, 1.165) is 23.1 Å². The topological polar surface area (TPSA) is 84.6 Å². The van der Waals surface area contributed by atoms with Gasteiger partial charge in [-0.05, 0) is 43.6 Å². The van der Waals surface area contributed by atoms with Crippen molar-refractivity contribution >= 4 is 17.3 Å². The minimum Gasteiger partial charge on any atom is -0.273 e. The maximum Gasteiger partial charge on any atom is 0.269 e. The van der Waals surface area contributed by atoms with Crippen LogP contribution in [0, 0.1) is 27.9 Å². The van der Waals surface area contributed by atoms with E-state index < -0.39 is 4.92 Å². The molecule has 3 atom stereocenters. The highest BCUT2D eigenvalue weighted by Gasteiger charge is 2.40. The Hall–Kier alpha value is -2.24. The standard InChI is InChI=1S/C17H21N3O3/c1-11(16-9-13-2-5-14(16)8-13)18-19-17(21)10-12-3-6-15(7-4-12)20(22)23/h3-4,6-7,13-14,16H,2,5,8-10H2,1H3,(H,19,21)/b18-11+/t13-,14-,16-/m1/s1. The lowest BCUT2D eigenvalue weighted by Gasteiger charge is -2.21. The molecule has 2 saturated carbocycles. The summed E-state index contributed by atoms with van der Waals surface area (Å²) in [6.07, 6.45) is 5.33. The van der Waals surface area contributed by atoms with Crippen molar-refractivity contribution in [3.63, 3.8) is 0 Å². The molecule has 6 nitrogen and oxygen atoms in total. The van der Waals surface area contributed by atoms with Crippen LogP contribution in [-0.2, 0) is 11.2 Å². The van der Waals surface area contributed by atoms with Crippen molar-refractivity contribution in [3.8, 4) is 0 Å². The predicted octanol–water partition coefficient (Wildman–Crippen LogP) is 3.07. The van der Waals surface area contributed by atoms with Crippen LogP contribution in [0.1, 0.15) is 38.2 Å². The van der Waals surface area contributed by atoms with Crippen LogP contribution in [0.4, 0.5) is 5.69 Å². The number of nitro groups is 1. The molecule has 3 rings (SSSR count). The summed E-state index contributed by atoms with van der Waals surface area (Å²) in [5, 5.41) is 14.9. The van der Waals surface area contributed by atoms with Gasteiger partial charge in [0.15, 0.2) is 0 Å². The van der Waals surface area contributed by atoms with Gasteiger partial charge in [-0.25, -0.2) is 5.43 Å². The van der Waals surface area contributed by atoms with Crippen molar-refractivity contribution in [2.75, 3.05) is 0 Å².